The zero-order valence-electron chi connectivity index (χ0n) is 17.3. The van der Waals surface area contributed by atoms with Gasteiger partial charge >= 0.3 is 0 Å². The zero-order valence-corrected chi connectivity index (χ0v) is 17.3. The fourth-order valence-electron chi connectivity index (χ4n) is 3.02. The molecule has 2 rings (SSSR count). The average molecular weight is 366 g/mol. The van der Waals surface area contributed by atoms with Gasteiger partial charge in [-0.05, 0) is 43.5 Å². The van der Waals surface area contributed by atoms with E-state index in [1.54, 1.807) is 20.3 Å². The first kappa shape index (κ1) is 20.6. The van der Waals surface area contributed by atoms with Crippen molar-refractivity contribution in [2.45, 2.75) is 27.7 Å². The van der Waals surface area contributed by atoms with Gasteiger partial charge in [0.05, 0.1) is 5.71 Å². The number of hydrogen-bond donors (Lipinski definition) is 1. The highest BCUT2D eigenvalue weighted by Crippen LogP contribution is 2.21. The van der Waals surface area contributed by atoms with Crippen molar-refractivity contribution in [1.29, 1.82) is 0 Å². The topological polar surface area (TPSA) is 52.4 Å². The van der Waals surface area contributed by atoms with E-state index in [0.717, 1.165) is 41.6 Å². The van der Waals surface area contributed by atoms with Crippen molar-refractivity contribution in [3.63, 3.8) is 0 Å². The van der Waals surface area contributed by atoms with E-state index in [9.17, 15) is 0 Å². The third kappa shape index (κ3) is 5.16. The average Bonchev–Trinajstić information content (AvgIpc) is 2.69. The zero-order chi connectivity index (χ0) is 19.8. The van der Waals surface area contributed by atoms with Crippen molar-refractivity contribution in [1.82, 2.24) is 5.32 Å². The molecule has 1 aliphatic rings. The molecule has 0 saturated heterocycles. The van der Waals surface area contributed by atoms with Gasteiger partial charge in [-0.3, -0.25) is 15.0 Å². The summed E-state index contributed by atoms with van der Waals surface area (Å²) in [6.07, 6.45) is 5.68. The molecule has 1 aromatic carbocycles. The summed E-state index contributed by atoms with van der Waals surface area (Å²) in [7, 11) is 3.54. The van der Waals surface area contributed by atoms with E-state index in [-0.39, 0.29) is 0 Å². The molecule has 0 fully saturated rings. The molecule has 0 saturated carbocycles. The lowest BCUT2D eigenvalue weighted by Crippen LogP contribution is -2.39. The Balaban J connectivity index is 2.34. The van der Waals surface area contributed by atoms with Crippen molar-refractivity contribution in [3.05, 3.63) is 48.2 Å². The maximum Gasteiger partial charge on any atom is 0.153 e. The van der Waals surface area contributed by atoms with Gasteiger partial charge in [0.25, 0.3) is 0 Å². The van der Waals surface area contributed by atoms with Crippen LogP contribution in [-0.4, -0.2) is 44.4 Å². The smallest absolute Gasteiger partial charge is 0.153 e. The second-order valence-electron chi connectivity index (χ2n) is 6.80. The summed E-state index contributed by atoms with van der Waals surface area (Å²) in [5.41, 5.74) is 4.91. The van der Waals surface area contributed by atoms with Gasteiger partial charge < -0.3 is 10.2 Å². The summed E-state index contributed by atoms with van der Waals surface area (Å²) >= 11 is 0. The van der Waals surface area contributed by atoms with Gasteiger partial charge in [0, 0.05) is 44.8 Å². The molecule has 1 heterocycles. The number of anilines is 1. The number of nitrogens with one attached hydrogen (secondary N) is 1. The summed E-state index contributed by atoms with van der Waals surface area (Å²) in [5, 5.41) is 3.39. The number of hydrogen-bond acceptors (Lipinski definition) is 4. The van der Waals surface area contributed by atoms with E-state index in [1.807, 2.05) is 19.1 Å². The van der Waals surface area contributed by atoms with Gasteiger partial charge in [0.1, 0.15) is 5.71 Å². The molecule has 0 aliphatic carbocycles. The van der Waals surface area contributed by atoms with Crippen LogP contribution in [0, 0.1) is 5.92 Å². The van der Waals surface area contributed by atoms with E-state index in [1.165, 1.54) is 5.69 Å². The van der Waals surface area contributed by atoms with E-state index >= 15 is 0 Å². The first-order chi connectivity index (χ1) is 13.0. The van der Waals surface area contributed by atoms with E-state index in [0.29, 0.717) is 5.92 Å². The number of benzene rings is 1. The standard InChI is InChI=1S/C22H31N5/c1-7-13-25-21-20(23-5)14-19(26-22(21)24-6)17-9-11-18(12-10-17)27(8-2)15-16(3)4/h7,9-14,16H,8,15H2,1-6H3,(H,24,26)/b13-7-,23-20?,25-21?. The van der Waals surface area contributed by atoms with Gasteiger partial charge in [0.2, 0.25) is 0 Å². The van der Waals surface area contributed by atoms with Gasteiger partial charge in [0.15, 0.2) is 5.84 Å². The van der Waals surface area contributed by atoms with Gasteiger partial charge in [-0.15, -0.1) is 0 Å². The predicted octanol–water partition coefficient (Wildman–Crippen LogP) is 4.19. The molecule has 1 N–H and O–H groups in total. The Labute approximate surface area is 163 Å². The van der Waals surface area contributed by atoms with Crippen LogP contribution >= 0.6 is 0 Å². The normalized spacial score (nSPS) is 19.2. The summed E-state index contributed by atoms with van der Waals surface area (Å²) in [6.45, 7) is 10.7. The first-order valence-corrected chi connectivity index (χ1v) is 9.51. The number of rotatable bonds is 6. The molecule has 0 bridgehead atoms. The molecule has 144 valence electrons. The van der Waals surface area contributed by atoms with Crippen LogP contribution in [0.2, 0.25) is 0 Å². The number of nitrogens with zero attached hydrogens (tertiary/aromatic N) is 4. The highest BCUT2D eigenvalue weighted by molar-refractivity contribution is 6.72. The second-order valence-corrected chi connectivity index (χ2v) is 6.80. The molecule has 27 heavy (non-hydrogen) atoms. The summed E-state index contributed by atoms with van der Waals surface area (Å²) in [4.78, 5) is 15.6. The molecule has 0 unspecified atom stereocenters. The van der Waals surface area contributed by atoms with Crippen molar-refractivity contribution in [3.8, 4) is 0 Å². The van der Waals surface area contributed by atoms with Gasteiger partial charge in [-0.2, -0.15) is 0 Å². The summed E-state index contributed by atoms with van der Waals surface area (Å²) in [6, 6.07) is 8.65. The first-order valence-electron chi connectivity index (χ1n) is 9.51. The number of aliphatic imine (C=N–C) groups is 3. The van der Waals surface area contributed by atoms with Crippen LogP contribution in [-0.2, 0) is 0 Å². The molecule has 1 aromatic rings. The van der Waals surface area contributed by atoms with E-state index in [2.05, 4.69) is 70.2 Å². The highest BCUT2D eigenvalue weighted by atomic mass is 15.1. The number of amidine groups is 1. The fraction of sp³-hybridized carbons (Fsp3) is 0.409. The minimum absolute atomic E-state index is 0.633. The Morgan fingerprint density at radius 3 is 2.33 bits per heavy atom. The lowest BCUT2D eigenvalue weighted by Gasteiger charge is -2.26. The van der Waals surface area contributed by atoms with E-state index < -0.39 is 0 Å². The maximum absolute atomic E-state index is 4.47. The Kier molecular flexibility index (Phi) is 7.53. The van der Waals surface area contributed by atoms with Crippen molar-refractivity contribution >= 4 is 28.6 Å². The van der Waals surface area contributed by atoms with Crippen LogP contribution in [0.1, 0.15) is 33.3 Å². The monoisotopic (exact) mass is 365 g/mol. The van der Waals surface area contributed by atoms with Crippen LogP contribution < -0.4 is 10.2 Å². The molecule has 0 spiro atoms. The van der Waals surface area contributed by atoms with Crippen LogP contribution in [0.25, 0.3) is 5.70 Å². The fourth-order valence-corrected chi connectivity index (χ4v) is 3.02. The quantitative estimate of drug-likeness (QED) is 0.822. The van der Waals surface area contributed by atoms with Gasteiger partial charge in [-0.1, -0.05) is 32.1 Å². The van der Waals surface area contributed by atoms with Crippen LogP contribution in [0.5, 0.6) is 0 Å². The Morgan fingerprint density at radius 2 is 1.81 bits per heavy atom. The molecule has 0 radical (unpaired) electrons. The molecule has 0 aromatic heterocycles. The Hall–Kier alpha value is -2.69. The molecule has 5 heteroatoms. The van der Waals surface area contributed by atoms with Crippen LogP contribution in [0.4, 0.5) is 5.69 Å². The van der Waals surface area contributed by atoms with E-state index in [4.69, 9.17) is 0 Å². The predicted molar refractivity (Wildman–Crippen MR) is 119 cm³/mol. The lowest BCUT2D eigenvalue weighted by atomic mass is 10.0. The number of allylic oxidation sites excluding steroid dienone is 2. The molecule has 0 atom stereocenters. The maximum atomic E-state index is 4.47. The van der Waals surface area contributed by atoms with Crippen LogP contribution in [0.15, 0.2) is 57.6 Å². The van der Waals surface area contributed by atoms with Gasteiger partial charge in [-0.25, -0.2) is 0 Å². The second kappa shape index (κ2) is 9.86. The minimum Gasteiger partial charge on any atom is -0.372 e. The largest absolute Gasteiger partial charge is 0.372 e. The molecule has 1 aliphatic heterocycles. The highest BCUT2D eigenvalue weighted by Gasteiger charge is 2.21. The summed E-state index contributed by atoms with van der Waals surface area (Å²) < 4.78 is 0. The molecular weight excluding hydrogens is 334 g/mol. The molecular formula is C22H31N5. The third-order valence-electron chi connectivity index (χ3n) is 4.33. The molecule has 5 nitrogen and oxygen atoms in total. The SMILES string of the molecule is C/C=C\N=C1C(=NC)C=C(c2ccc(N(CC)CC(C)C)cc2)NC1=NC. The third-order valence-corrected chi connectivity index (χ3v) is 4.33. The Bertz CT molecular complexity index is 779. The summed E-state index contributed by atoms with van der Waals surface area (Å²) in [5.74, 6) is 1.36. The van der Waals surface area contributed by atoms with Crippen molar-refractivity contribution < 1.29 is 0 Å². The lowest BCUT2D eigenvalue weighted by molar-refractivity contribution is 0.619. The van der Waals surface area contributed by atoms with Crippen molar-refractivity contribution in [2.24, 2.45) is 20.9 Å². The molecule has 0 amide bonds. The minimum atomic E-state index is 0.633. The van der Waals surface area contributed by atoms with Crippen molar-refractivity contribution in [2.75, 3.05) is 32.1 Å². The van der Waals surface area contributed by atoms with Crippen LogP contribution in [0.3, 0.4) is 0 Å². The Morgan fingerprint density at radius 1 is 1.11 bits per heavy atom.